The number of rotatable bonds is 4. The Labute approximate surface area is 153 Å². The molecule has 0 radical (unpaired) electrons. The van der Waals surface area contributed by atoms with Crippen molar-refractivity contribution in [2.45, 2.75) is 44.7 Å². The SMILES string of the molecule is Cc1cc(F)ccc1C(=O)N1[C@H]2CC[C@@H]1[C@@](CO)(Cc1ccccc1)C2. The molecule has 2 aliphatic heterocycles. The van der Waals surface area contributed by atoms with E-state index in [1.807, 2.05) is 23.1 Å². The van der Waals surface area contributed by atoms with Crippen LogP contribution in [-0.4, -0.2) is 34.6 Å². The summed E-state index contributed by atoms with van der Waals surface area (Å²) in [4.78, 5) is 15.2. The average Bonchev–Trinajstić information content (AvgIpc) is 3.18. The topological polar surface area (TPSA) is 40.5 Å². The highest BCUT2D eigenvalue weighted by Gasteiger charge is 2.57. The van der Waals surface area contributed by atoms with Gasteiger partial charge in [-0.05, 0) is 61.9 Å². The molecule has 0 aliphatic carbocycles. The van der Waals surface area contributed by atoms with Crippen LogP contribution in [0.5, 0.6) is 0 Å². The van der Waals surface area contributed by atoms with Crippen molar-refractivity contribution in [2.24, 2.45) is 5.41 Å². The van der Waals surface area contributed by atoms with E-state index in [0.717, 1.165) is 25.7 Å². The number of carbonyl (C=O) groups is 1. The molecule has 1 N–H and O–H groups in total. The molecular formula is C22H24FNO2. The Hall–Kier alpha value is -2.20. The Balaban J connectivity index is 1.64. The van der Waals surface area contributed by atoms with Gasteiger partial charge in [-0.3, -0.25) is 4.79 Å². The Bertz CT molecular complexity index is 822. The smallest absolute Gasteiger partial charge is 0.254 e. The lowest BCUT2D eigenvalue weighted by molar-refractivity contribution is 0.0570. The van der Waals surface area contributed by atoms with Crippen molar-refractivity contribution in [1.82, 2.24) is 4.90 Å². The second-order valence-electron chi connectivity index (χ2n) is 7.81. The van der Waals surface area contributed by atoms with Gasteiger partial charge in [0.15, 0.2) is 0 Å². The number of aliphatic hydroxyl groups excluding tert-OH is 1. The highest BCUT2D eigenvalue weighted by Crippen LogP contribution is 2.51. The van der Waals surface area contributed by atoms with Crippen molar-refractivity contribution in [2.75, 3.05) is 6.61 Å². The fourth-order valence-corrected chi connectivity index (χ4v) is 5.02. The standard InChI is InChI=1S/C22H24FNO2/c1-15-11-17(23)7-9-19(15)21(26)24-18-8-10-20(24)22(13-18,14-25)12-16-5-3-2-4-6-16/h2-7,9,11,18,20,25H,8,10,12-14H2,1H3/t18-,20+,22-/m0/s1. The second kappa shape index (κ2) is 6.51. The van der Waals surface area contributed by atoms with Crippen LogP contribution in [0.2, 0.25) is 0 Å². The minimum atomic E-state index is -0.322. The van der Waals surface area contributed by atoms with Crippen molar-refractivity contribution < 1.29 is 14.3 Å². The van der Waals surface area contributed by atoms with Gasteiger partial charge in [-0.25, -0.2) is 4.39 Å². The van der Waals surface area contributed by atoms with E-state index >= 15 is 0 Å². The summed E-state index contributed by atoms with van der Waals surface area (Å²) in [6, 6.07) is 14.7. The number of carbonyl (C=O) groups excluding carboxylic acids is 1. The molecule has 2 heterocycles. The van der Waals surface area contributed by atoms with Gasteiger partial charge in [0.1, 0.15) is 5.82 Å². The largest absolute Gasteiger partial charge is 0.396 e. The molecule has 136 valence electrons. The molecule has 26 heavy (non-hydrogen) atoms. The Morgan fingerprint density at radius 3 is 2.69 bits per heavy atom. The normalized spacial score (nSPS) is 27.1. The summed E-state index contributed by atoms with van der Waals surface area (Å²) in [5, 5.41) is 10.3. The summed E-state index contributed by atoms with van der Waals surface area (Å²) in [5.74, 6) is -0.351. The quantitative estimate of drug-likeness (QED) is 0.910. The Kier molecular flexibility index (Phi) is 4.31. The van der Waals surface area contributed by atoms with Crippen molar-refractivity contribution >= 4 is 5.91 Å². The molecule has 2 saturated heterocycles. The molecule has 0 unspecified atom stereocenters. The number of fused-ring (bicyclic) bond motifs is 2. The zero-order chi connectivity index (χ0) is 18.3. The third-order valence-electron chi connectivity index (χ3n) is 6.22. The third-order valence-corrected chi connectivity index (χ3v) is 6.22. The molecule has 0 spiro atoms. The van der Waals surface area contributed by atoms with E-state index in [1.54, 1.807) is 13.0 Å². The number of benzene rings is 2. The number of aliphatic hydroxyl groups is 1. The van der Waals surface area contributed by atoms with Crippen LogP contribution < -0.4 is 0 Å². The van der Waals surface area contributed by atoms with Crippen LogP contribution >= 0.6 is 0 Å². The summed E-state index contributed by atoms with van der Waals surface area (Å²) in [6.45, 7) is 1.85. The minimum absolute atomic E-state index is 0.0293. The van der Waals surface area contributed by atoms with Gasteiger partial charge in [0.2, 0.25) is 0 Å². The molecule has 4 rings (SSSR count). The average molecular weight is 353 g/mol. The molecule has 4 heteroatoms. The van der Waals surface area contributed by atoms with E-state index in [4.69, 9.17) is 0 Å². The summed E-state index contributed by atoms with van der Waals surface area (Å²) in [5.41, 5.74) is 2.14. The van der Waals surface area contributed by atoms with Crippen LogP contribution in [0.1, 0.15) is 40.7 Å². The molecular weight excluding hydrogens is 329 g/mol. The fourth-order valence-electron chi connectivity index (χ4n) is 5.02. The predicted octanol–water partition coefficient (Wildman–Crippen LogP) is 3.73. The van der Waals surface area contributed by atoms with Gasteiger partial charge in [0.25, 0.3) is 5.91 Å². The first-order valence-electron chi connectivity index (χ1n) is 9.28. The van der Waals surface area contributed by atoms with Gasteiger partial charge >= 0.3 is 0 Å². The third kappa shape index (κ3) is 2.73. The molecule has 1 amide bonds. The number of halogens is 1. The van der Waals surface area contributed by atoms with Crippen molar-refractivity contribution in [3.8, 4) is 0 Å². The van der Waals surface area contributed by atoms with E-state index in [-0.39, 0.29) is 35.8 Å². The molecule has 2 fully saturated rings. The van der Waals surface area contributed by atoms with Crippen LogP contribution in [0, 0.1) is 18.2 Å². The molecule has 2 aromatic rings. The zero-order valence-electron chi connectivity index (χ0n) is 15.0. The number of aryl methyl sites for hydroxylation is 1. The van der Waals surface area contributed by atoms with Crippen molar-refractivity contribution in [3.05, 3.63) is 71.0 Å². The maximum Gasteiger partial charge on any atom is 0.254 e. The van der Waals surface area contributed by atoms with Crippen LogP contribution in [0.3, 0.4) is 0 Å². The first-order chi connectivity index (χ1) is 12.5. The Morgan fingerprint density at radius 2 is 2.00 bits per heavy atom. The van der Waals surface area contributed by atoms with Gasteiger partial charge in [0, 0.05) is 23.1 Å². The maximum atomic E-state index is 13.4. The molecule has 2 aliphatic rings. The Morgan fingerprint density at radius 1 is 1.23 bits per heavy atom. The summed E-state index contributed by atoms with van der Waals surface area (Å²) in [6.07, 6.45) is 3.50. The van der Waals surface area contributed by atoms with Crippen molar-refractivity contribution in [3.63, 3.8) is 0 Å². The molecule has 2 bridgehead atoms. The van der Waals surface area contributed by atoms with Gasteiger partial charge in [-0.1, -0.05) is 30.3 Å². The zero-order valence-corrected chi connectivity index (χ0v) is 15.0. The van der Waals surface area contributed by atoms with Gasteiger partial charge in [-0.15, -0.1) is 0 Å². The lowest BCUT2D eigenvalue weighted by atomic mass is 9.70. The van der Waals surface area contributed by atoms with Gasteiger partial charge in [0.05, 0.1) is 6.61 Å². The highest BCUT2D eigenvalue weighted by molar-refractivity contribution is 5.96. The predicted molar refractivity (Wildman–Crippen MR) is 98.4 cm³/mol. The number of nitrogens with zero attached hydrogens (tertiary/aromatic N) is 1. The van der Waals surface area contributed by atoms with E-state index in [9.17, 15) is 14.3 Å². The highest BCUT2D eigenvalue weighted by atomic mass is 19.1. The second-order valence-corrected chi connectivity index (χ2v) is 7.81. The maximum absolute atomic E-state index is 13.4. The van der Waals surface area contributed by atoms with Crippen LogP contribution in [-0.2, 0) is 6.42 Å². The van der Waals surface area contributed by atoms with E-state index in [1.165, 1.54) is 17.7 Å². The molecule has 3 nitrogen and oxygen atoms in total. The molecule has 2 aromatic carbocycles. The summed E-state index contributed by atoms with van der Waals surface area (Å²) >= 11 is 0. The van der Waals surface area contributed by atoms with E-state index in [2.05, 4.69) is 12.1 Å². The van der Waals surface area contributed by atoms with Crippen LogP contribution in [0.25, 0.3) is 0 Å². The summed E-state index contributed by atoms with van der Waals surface area (Å²) in [7, 11) is 0. The van der Waals surface area contributed by atoms with Gasteiger partial charge < -0.3 is 10.0 Å². The van der Waals surface area contributed by atoms with Crippen LogP contribution in [0.15, 0.2) is 48.5 Å². The number of amides is 1. The van der Waals surface area contributed by atoms with E-state index in [0.29, 0.717) is 11.1 Å². The number of hydrogen-bond donors (Lipinski definition) is 1. The molecule has 3 atom stereocenters. The van der Waals surface area contributed by atoms with Crippen molar-refractivity contribution in [1.29, 1.82) is 0 Å². The minimum Gasteiger partial charge on any atom is -0.396 e. The molecule has 0 saturated carbocycles. The lowest BCUT2D eigenvalue weighted by Crippen LogP contribution is -2.44. The van der Waals surface area contributed by atoms with Crippen LogP contribution in [0.4, 0.5) is 4.39 Å². The fraction of sp³-hybridized carbons (Fsp3) is 0.409. The monoisotopic (exact) mass is 353 g/mol. The van der Waals surface area contributed by atoms with E-state index < -0.39 is 0 Å². The lowest BCUT2D eigenvalue weighted by Gasteiger charge is -2.36. The molecule has 0 aromatic heterocycles. The van der Waals surface area contributed by atoms with Gasteiger partial charge in [-0.2, -0.15) is 0 Å². The number of hydrogen-bond acceptors (Lipinski definition) is 2. The first kappa shape index (κ1) is 17.2. The summed E-state index contributed by atoms with van der Waals surface area (Å²) < 4.78 is 13.4. The first-order valence-corrected chi connectivity index (χ1v) is 9.28.